The number of hydrogen-bond donors (Lipinski definition) is 0. The van der Waals surface area contributed by atoms with Gasteiger partial charge in [0.15, 0.2) is 5.16 Å². The van der Waals surface area contributed by atoms with Crippen LogP contribution in [0, 0.1) is 25.2 Å². The minimum Gasteiger partial charge on any atom is -0.310 e. The summed E-state index contributed by atoms with van der Waals surface area (Å²) >= 11 is 1.25. The summed E-state index contributed by atoms with van der Waals surface area (Å²) in [5.41, 5.74) is 3.84. The highest BCUT2D eigenvalue weighted by atomic mass is 32.2. The van der Waals surface area contributed by atoms with Crippen LogP contribution >= 0.6 is 11.8 Å². The summed E-state index contributed by atoms with van der Waals surface area (Å²) in [7, 11) is 0. The number of hydrogen-bond acceptors (Lipinski definition) is 5. The number of rotatable bonds is 7. The van der Waals surface area contributed by atoms with Crippen molar-refractivity contribution in [2.75, 3.05) is 11.4 Å². The predicted molar refractivity (Wildman–Crippen MR) is 141 cm³/mol. The van der Waals surface area contributed by atoms with Gasteiger partial charge < -0.3 is 4.90 Å². The molecule has 1 unspecified atom stereocenters. The number of carbonyl (C=O) groups is 1. The lowest BCUT2D eigenvalue weighted by atomic mass is 10.1. The Morgan fingerprint density at radius 1 is 1.03 bits per heavy atom. The Morgan fingerprint density at radius 3 is 2.37 bits per heavy atom. The Morgan fingerprint density at radius 2 is 1.69 bits per heavy atom. The Labute approximate surface area is 208 Å². The van der Waals surface area contributed by atoms with Gasteiger partial charge in [0.1, 0.15) is 0 Å². The Bertz CT molecular complexity index is 1450. The lowest BCUT2D eigenvalue weighted by Crippen LogP contribution is -2.37. The summed E-state index contributed by atoms with van der Waals surface area (Å²) in [5, 5.41) is 9.56. The van der Waals surface area contributed by atoms with E-state index in [4.69, 9.17) is 10.2 Å². The maximum atomic E-state index is 13.7. The van der Waals surface area contributed by atoms with Crippen LogP contribution in [0.4, 0.5) is 5.69 Å². The summed E-state index contributed by atoms with van der Waals surface area (Å²) in [6.45, 7) is 6.03. The molecule has 0 fully saturated rings. The minimum absolute atomic E-state index is 0.146. The molecule has 0 radical (unpaired) electrons. The molecule has 0 aliphatic carbocycles. The summed E-state index contributed by atoms with van der Waals surface area (Å²) in [4.78, 5) is 33.7. The lowest BCUT2D eigenvalue weighted by molar-refractivity contribution is -0.117. The molecule has 0 aliphatic heterocycles. The van der Waals surface area contributed by atoms with Gasteiger partial charge in [-0.25, -0.2) is 4.98 Å². The molecule has 1 heterocycles. The second-order valence-corrected chi connectivity index (χ2v) is 9.59. The molecule has 4 rings (SSSR count). The zero-order valence-corrected chi connectivity index (χ0v) is 20.7. The molecule has 1 aromatic heterocycles. The molecular formula is C28H26N4O2S. The number of aromatic nitrogens is 2. The van der Waals surface area contributed by atoms with E-state index in [0.717, 1.165) is 22.5 Å². The molecule has 6 nitrogen and oxygen atoms in total. The molecular weight excluding hydrogens is 456 g/mol. The van der Waals surface area contributed by atoms with Gasteiger partial charge in [0, 0.05) is 12.2 Å². The third-order valence-electron chi connectivity index (χ3n) is 5.82. The van der Waals surface area contributed by atoms with Crippen LogP contribution in [0.25, 0.3) is 16.6 Å². The standard InChI is InChI=1S/C28H26N4O2S/c1-19-11-9-12-20(2)25(19)32-27(34)23-15-7-8-16-24(23)30-28(32)35-21(3)26(33)31(18-10-17-29)22-13-5-4-6-14-22/h4-9,11-16,21H,10,18H2,1-3H3. The number of aryl methyl sites for hydroxylation is 2. The van der Waals surface area contributed by atoms with E-state index in [9.17, 15) is 9.59 Å². The molecule has 1 amide bonds. The SMILES string of the molecule is Cc1cccc(C)c1-n1c(SC(C)C(=O)N(CCC#N)c2ccccc2)nc2ccccc2c1=O. The van der Waals surface area contributed by atoms with Crippen LogP contribution in [0.5, 0.6) is 0 Å². The first kappa shape index (κ1) is 24.2. The number of fused-ring (bicyclic) bond motifs is 1. The van der Waals surface area contributed by atoms with Crippen molar-refractivity contribution in [1.29, 1.82) is 5.26 Å². The van der Waals surface area contributed by atoms with Crippen molar-refractivity contribution in [3.05, 3.63) is 94.3 Å². The van der Waals surface area contributed by atoms with Crippen LogP contribution in [-0.4, -0.2) is 27.3 Å². The maximum absolute atomic E-state index is 13.7. The summed E-state index contributed by atoms with van der Waals surface area (Å²) in [6, 6.07) is 24.6. The molecule has 3 aromatic carbocycles. The first-order chi connectivity index (χ1) is 16.9. The number of carbonyl (C=O) groups excluding carboxylic acids is 1. The van der Waals surface area contributed by atoms with Crippen molar-refractivity contribution in [3.8, 4) is 11.8 Å². The number of thioether (sulfide) groups is 1. The zero-order chi connectivity index (χ0) is 24.9. The largest absolute Gasteiger partial charge is 0.310 e. The Kier molecular flexibility index (Phi) is 7.33. The molecule has 0 saturated heterocycles. The van der Waals surface area contributed by atoms with Crippen LogP contribution in [0.2, 0.25) is 0 Å². The number of benzene rings is 3. The van der Waals surface area contributed by atoms with Gasteiger partial charge in [-0.1, -0.05) is 60.3 Å². The molecule has 0 aliphatic rings. The van der Waals surface area contributed by atoms with Crippen molar-refractivity contribution in [1.82, 2.24) is 9.55 Å². The zero-order valence-electron chi connectivity index (χ0n) is 19.9. The van der Waals surface area contributed by atoms with E-state index < -0.39 is 5.25 Å². The second kappa shape index (κ2) is 10.6. The van der Waals surface area contributed by atoms with Crippen molar-refractivity contribution in [3.63, 3.8) is 0 Å². The van der Waals surface area contributed by atoms with E-state index in [-0.39, 0.29) is 17.9 Å². The second-order valence-electron chi connectivity index (χ2n) is 8.29. The average Bonchev–Trinajstić information content (AvgIpc) is 2.86. The molecule has 4 aromatic rings. The summed E-state index contributed by atoms with van der Waals surface area (Å²) in [6.07, 6.45) is 0.222. The number of amides is 1. The van der Waals surface area contributed by atoms with Crippen molar-refractivity contribution in [2.45, 2.75) is 37.6 Å². The lowest BCUT2D eigenvalue weighted by Gasteiger charge is -2.25. The topological polar surface area (TPSA) is 79.0 Å². The van der Waals surface area contributed by atoms with Gasteiger partial charge in [-0.2, -0.15) is 5.26 Å². The van der Waals surface area contributed by atoms with Gasteiger partial charge in [-0.05, 0) is 56.2 Å². The first-order valence-corrected chi connectivity index (χ1v) is 12.3. The van der Waals surface area contributed by atoms with Crippen LogP contribution in [0.15, 0.2) is 82.7 Å². The average molecular weight is 483 g/mol. The quantitative estimate of drug-likeness (QED) is 0.259. The third kappa shape index (κ3) is 4.98. The molecule has 0 bridgehead atoms. The predicted octanol–water partition coefficient (Wildman–Crippen LogP) is 5.43. The summed E-state index contributed by atoms with van der Waals surface area (Å²) in [5.74, 6) is -0.146. The van der Waals surface area contributed by atoms with E-state index in [2.05, 4.69) is 6.07 Å². The smallest absolute Gasteiger partial charge is 0.266 e. The molecule has 0 spiro atoms. The maximum Gasteiger partial charge on any atom is 0.266 e. The Hall–Kier alpha value is -3.89. The van der Waals surface area contributed by atoms with Crippen LogP contribution in [0.3, 0.4) is 0 Å². The number of anilines is 1. The van der Waals surface area contributed by atoms with E-state index in [1.807, 2.05) is 87.5 Å². The fourth-order valence-corrected chi connectivity index (χ4v) is 5.09. The van der Waals surface area contributed by atoms with Gasteiger partial charge in [-0.15, -0.1) is 0 Å². The normalized spacial score (nSPS) is 11.7. The highest BCUT2D eigenvalue weighted by Gasteiger charge is 2.26. The van der Waals surface area contributed by atoms with Gasteiger partial charge in [0.2, 0.25) is 5.91 Å². The van der Waals surface area contributed by atoms with E-state index in [1.165, 1.54) is 11.8 Å². The number of nitriles is 1. The fraction of sp³-hybridized carbons (Fsp3) is 0.214. The molecule has 0 saturated carbocycles. The van der Waals surface area contributed by atoms with Gasteiger partial charge in [0.05, 0.1) is 34.3 Å². The molecule has 0 N–H and O–H groups in total. The van der Waals surface area contributed by atoms with Crippen molar-refractivity contribution >= 4 is 34.3 Å². The van der Waals surface area contributed by atoms with Gasteiger partial charge >= 0.3 is 0 Å². The number of para-hydroxylation sites is 3. The van der Waals surface area contributed by atoms with E-state index in [0.29, 0.717) is 22.6 Å². The number of nitrogens with zero attached hydrogens (tertiary/aromatic N) is 4. The van der Waals surface area contributed by atoms with E-state index in [1.54, 1.807) is 15.5 Å². The van der Waals surface area contributed by atoms with Crippen molar-refractivity contribution < 1.29 is 4.79 Å². The van der Waals surface area contributed by atoms with Crippen molar-refractivity contribution in [2.24, 2.45) is 0 Å². The minimum atomic E-state index is -0.544. The van der Waals surface area contributed by atoms with Gasteiger partial charge in [-0.3, -0.25) is 14.2 Å². The highest BCUT2D eigenvalue weighted by molar-refractivity contribution is 8.00. The van der Waals surface area contributed by atoms with Crippen LogP contribution in [-0.2, 0) is 4.79 Å². The van der Waals surface area contributed by atoms with Crippen LogP contribution < -0.4 is 10.5 Å². The fourth-order valence-electron chi connectivity index (χ4n) is 4.11. The van der Waals surface area contributed by atoms with Gasteiger partial charge in [0.25, 0.3) is 5.56 Å². The molecule has 35 heavy (non-hydrogen) atoms. The monoisotopic (exact) mass is 482 g/mol. The third-order valence-corrected chi connectivity index (χ3v) is 6.86. The molecule has 176 valence electrons. The van der Waals surface area contributed by atoms with Crippen LogP contribution in [0.1, 0.15) is 24.5 Å². The summed E-state index contributed by atoms with van der Waals surface area (Å²) < 4.78 is 1.63. The van der Waals surface area contributed by atoms with E-state index >= 15 is 0 Å². The Balaban J connectivity index is 1.80. The molecule has 1 atom stereocenters. The highest BCUT2D eigenvalue weighted by Crippen LogP contribution is 2.29. The first-order valence-electron chi connectivity index (χ1n) is 11.4. The molecule has 7 heteroatoms.